The van der Waals surface area contributed by atoms with Crippen LogP contribution in [0.4, 0.5) is 0 Å². The molecule has 0 aliphatic carbocycles. The summed E-state index contributed by atoms with van der Waals surface area (Å²) in [6, 6.07) is 0.00663. The van der Waals surface area contributed by atoms with Crippen molar-refractivity contribution in [2.75, 3.05) is 20.3 Å². The minimum atomic E-state index is -0.228. The molecule has 0 aromatic carbocycles. The molecule has 0 fully saturated rings. The Morgan fingerprint density at radius 2 is 2.44 bits per heavy atom. The lowest BCUT2D eigenvalue weighted by molar-refractivity contribution is 0.0886. The summed E-state index contributed by atoms with van der Waals surface area (Å²) in [5.74, 6) is -0.228. The average Bonchev–Trinajstić information content (AvgIpc) is 2.79. The Hall–Kier alpha value is -1.47. The third-order valence-electron chi connectivity index (χ3n) is 2.47. The lowest BCUT2D eigenvalue weighted by Crippen LogP contribution is -2.38. The molecule has 1 amide bonds. The van der Waals surface area contributed by atoms with Gasteiger partial charge in [-0.25, -0.2) is 0 Å². The Morgan fingerprint density at radius 3 is 3.06 bits per heavy atom. The standard InChI is InChI=1S/C11H21N5O2/c1-3-4-9(8-18-2)13-11(17)10-7-16(6-5-12)15-14-10/h7,9H,3-6,8,12H2,1-2H3,(H,13,17). The molecule has 3 N–H and O–H groups in total. The fourth-order valence-corrected chi connectivity index (χ4v) is 1.65. The predicted octanol–water partition coefficient (Wildman–Crippen LogP) is -0.218. The molecular weight excluding hydrogens is 234 g/mol. The third kappa shape index (κ3) is 4.42. The highest BCUT2D eigenvalue weighted by molar-refractivity contribution is 5.92. The second kappa shape index (κ2) is 7.78. The van der Waals surface area contributed by atoms with E-state index in [4.69, 9.17) is 10.5 Å². The summed E-state index contributed by atoms with van der Waals surface area (Å²) in [6.07, 6.45) is 3.45. The Morgan fingerprint density at radius 1 is 1.67 bits per heavy atom. The Kier molecular flexibility index (Phi) is 6.31. The van der Waals surface area contributed by atoms with E-state index in [1.165, 1.54) is 0 Å². The molecule has 7 nitrogen and oxygen atoms in total. The quantitative estimate of drug-likeness (QED) is 0.669. The maximum atomic E-state index is 11.9. The van der Waals surface area contributed by atoms with E-state index in [-0.39, 0.29) is 11.9 Å². The third-order valence-corrected chi connectivity index (χ3v) is 2.47. The summed E-state index contributed by atoms with van der Waals surface area (Å²) >= 11 is 0. The van der Waals surface area contributed by atoms with Crippen LogP contribution in [-0.4, -0.2) is 47.2 Å². The number of aromatic nitrogens is 3. The molecule has 0 spiro atoms. The molecule has 0 saturated heterocycles. The smallest absolute Gasteiger partial charge is 0.273 e. The van der Waals surface area contributed by atoms with E-state index in [9.17, 15) is 4.79 Å². The molecule has 1 atom stereocenters. The van der Waals surface area contributed by atoms with Crippen LogP contribution < -0.4 is 11.1 Å². The van der Waals surface area contributed by atoms with Gasteiger partial charge in [0.25, 0.3) is 5.91 Å². The number of nitrogens with two attached hydrogens (primary N) is 1. The van der Waals surface area contributed by atoms with Crippen molar-refractivity contribution in [2.45, 2.75) is 32.4 Å². The lowest BCUT2D eigenvalue weighted by Gasteiger charge is -2.15. The molecule has 7 heteroatoms. The van der Waals surface area contributed by atoms with Gasteiger partial charge in [0.15, 0.2) is 5.69 Å². The zero-order valence-electron chi connectivity index (χ0n) is 10.9. The van der Waals surface area contributed by atoms with Crippen LogP contribution >= 0.6 is 0 Å². The SMILES string of the molecule is CCCC(COC)NC(=O)c1cn(CCN)nn1. The molecule has 1 rings (SSSR count). The number of amides is 1. The van der Waals surface area contributed by atoms with Gasteiger partial charge in [-0.05, 0) is 6.42 Å². The van der Waals surface area contributed by atoms with Crippen LogP contribution in [0.2, 0.25) is 0 Å². The number of hydrogen-bond acceptors (Lipinski definition) is 5. The first-order chi connectivity index (χ1) is 8.71. The summed E-state index contributed by atoms with van der Waals surface area (Å²) in [6.45, 7) is 3.58. The number of rotatable bonds is 8. The van der Waals surface area contributed by atoms with Crippen LogP contribution in [0.5, 0.6) is 0 Å². The lowest BCUT2D eigenvalue weighted by atomic mass is 10.2. The Balaban J connectivity index is 2.56. The first-order valence-corrected chi connectivity index (χ1v) is 6.11. The molecular formula is C11H21N5O2. The van der Waals surface area contributed by atoms with Gasteiger partial charge in [-0.3, -0.25) is 9.48 Å². The second-order valence-corrected chi connectivity index (χ2v) is 4.07. The summed E-state index contributed by atoms with van der Waals surface area (Å²) in [4.78, 5) is 11.9. The molecule has 0 bridgehead atoms. The van der Waals surface area contributed by atoms with Gasteiger partial charge in [-0.2, -0.15) is 0 Å². The van der Waals surface area contributed by atoms with Crippen LogP contribution in [0.3, 0.4) is 0 Å². The van der Waals surface area contributed by atoms with Gasteiger partial charge in [-0.1, -0.05) is 18.6 Å². The van der Waals surface area contributed by atoms with Gasteiger partial charge >= 0.3 is 0 Å². The Bertz CT molecular complexity index is 360. The monoisotopic (exact) mass is 255 g/mol. The van der Waals surface area contributed by atoms with Crippen LogP contribution in [0.25, 0.3) is 0 Å². The minimum Gasteiger partial charge on any atom is -0.383 e. The highest BCUT2D eigenvalue weighted by Crippen LogP contribution is 2.00. The average molecular weight is 255 g/mol. The van der Waals surface area contributed by atoms with E-state index < -0.39 is 0 Å². The Labute approximate surface area is 107 Å². The second-order valence-electron chi connectivity index (χ2n) is 4.07. The number of carbonyl (C=O) groups excluding carboxylic acids is 1. The van der Waals surface area contributed by atoms with Crippen LogP contribution in [0.15, 0.2) is 6.20 Å². The summed E-state index contributed by atoms with van der Waals surface area (Å²) in [5, 5.41) is 10.5. The van der Waals surface area contributed by atoms with Crippen molar-refractivity contribution in [2.24, 2.45) is 5.73 Å². The zero-order chi connectivity index (χ0) is 13.4. The van der Waals surface area contributed by atoms with Crippen molar-refractivity contribution in [1.29, 1.82) is 0 Å². The van der Waals surface area contributed by atoms with E-state index >= 15 is 0 Å². The fourth-order valence-electron chi connectivity index (χ4n) is 1.65. The van der Waals surface area contributed by atoms with Crippen molar-refractivity contribution in [3.63, 3.8) is 0 Å². The van der Waals surface area contributed by atoms with Gasteiger partial charge in [0.2, 0.25) is 0 Å². The number of nitrogens with zero attached hydrogens (tertiary/aromatic N) is 3. The maximum Gasteiger partial charge on any atom is 0.273 e. The number of ether oxygens (including phenoxy) is 1. The number of carbonyl (C=O) groups is 1. The minimum absolute atomic E-state index is 0.00663. The van der Waals surface area contributed by atoms with E-state index in [2.05, 4.69) is 22.6 Å². The topological polar surface area (TPSA) is 95.1 Å². The fraction of sp³-hybridized carbons (Fsp3) is 0.727. The molecule has 0 radical (unpaired) electrons. The van der Waals surface area contributed by atoms with E-state index in [0.29, 0.717) is 25.4 Å². The number of methoxy groups -OCH3 is 1. The van der Waals surface area contributed by atoms with Gasteiger partial charge in [0.05, 0.1) is 25.4 Å². The van der Waals surface area contributed by atoms with Crippen LogP contribution in [-0.2, 0) is 11.3 Å². The maximum absolute atomic E-state index is 11.9. The summed E-state index contributed by atoms with van der Waals surface area (Å²) in [5.41, 5.74) is 5.71. The van der Waals surface area contributed by atoms with E-state index in [0.717, 1.165) is 12.8 Å². The van der Waals surface area contributed by atoms with Gasteiger partial charge in [0, 0.05) is 13.7 Å². The van der Waals surface area contributed by atoms with Crippen molar-refractivity contribution in [3.8, 4) is 0 Å². The number of hydrogen-bond donors (Lipinski definition) is 2. The van der Waals surface area contributed by atoms with Crippen molar-refractivity contribution in [3.05, 3.63) is 11.9 Å². The molecule has 1 aromatic heterocycles. The molecule has 1 heterocycles. The summed E-state index contributed by atoms with van der Waals surface area (Å²) < 4.78 is 6.62. The van der Waals surface area contributed by atoms with Crippen LogP contribution in [0, 0.1) is 0 Å². The first-order valence-electron chi connectivity index (χ1n) is 6.11. The first kappa shape index (κ1) is 14.6. The van der Waals surface area contributed by atoms with E-state index in [1.54, 1.807) is 18.0 Å². The normalized spacial score (nSPS) is 12.4. The zero-order valence-corrected chi connectivity index (χ0v) is 10.9. The van der Waals surface area contributed by atoms with Crippen molar-refractivity contribution in [1.82, 2.24) is 20.3 Å². The van der Waals surface area contributed by atoms with Gasteiger partial charge in [-0.15, -0.1) is 5.10 Å². The number of nitrogens with one attached hydrogen (secondary N) is 1. The molecule has 1 unspecified atom stereocenters. The molecule has 102 valence electrons. The molecule has 0 saturated carbocycles. The van der Waals surface area contributed by atoms with E-state index in [1.807, 2.05) is 0 Å². The molecule has 1 aromatic rings. The highest BCUT2D eigenvalue weighted by atomic mass is 16.5. The van der Waals surface area contributed by atoms with Crippen molar-refractivity contribution < 1.29 is 9.53 Å². The highest BCUT2D eigenvalue weighted by Gasteiger charge is 2.15. The molecule has 0 aliphatic heterocycles. The summed E-state index contributed by atoms with van der Waals surface area (Å²) in [7, 11) is 1.62. The predicted molar refractivity (Wildman–Crippen MR) is 67.1 cm³/mol. The molecule has 18 heavy (non-hydrogen) atoms. The van der Waals surface area contributed by atoms with Gasteiger partial charge in [0.1, 0.15) is 0 Å². The van der Waals surface area contributed by atoms with Crippen LogP contribution in [0.1, 0.15) is 30.3 Å². The van der Waals surface area contributed by atoms with Crippen molar-refractivity contribution >= 4 is 5.91 Å². The largest absolute Gasteiger partial charge is 0.383 e. The molecule has 0 aliphatic rings. The van der Waals surface area contributed by atoms with Gasteiger partial charge < -0.3 is 15.8 Å².